The van der Waals surface area contributed by atoms with Gasteiger partial charge in [-0.2, -0.15) is 5.10 Å². The monoisotopic (exact) mass is 279 g/mol. The number of hydrogen-bond acceptors (Lipinski definition) is 3. The van der Waals surface area contributed by atoms with Crippen LogP contribution in [0.1, 0.15) is 48.8 Å². The highest BCUT2D eigenvalue weighted by atomic mass is 16.4. The Hall–Kier alpha value is -1.85. The lowest BCUT2D eigenvalue weighted by Crippen LogP contribution is -2.40. The molecule has 1 saturated carbocycles. The number of aromatic nitrogens is 2. The van der Waals surface area contributed by atoms with Crippen molar-refractivity contribution in [1.82, 2.24) is 15.1 Å². The molecule has 0 radical (unpaired) electrons. The minimum Gasteiger partial charge on any atom is -0.481 e. The van der Waals surface area contributed by atoms with Gasteiger partial charge in [0, 0.05) is 12.6 Å². The van der Waals surface area contributed by atoms with Gasteiger partial charge in [-0.1, -0.05) is 6.42 Å². The number of nitrogens with zero attached hydrogens (tertiary/aromatic N) is 2. The second-order valence-corrected chi connectivity index (χ2v) is 5.36. The van der Waals surface area contributed by atoms with Gasteiger partial charge in [-0.15, -0.1) is 0 Å². The molecule has 2 rings (SSSR count). The number of carbonyl (C=O) groups is 2. The molecule has 1 heterocycles. The lowest BCUT2D eigenvalue weighted by Gasteiger charge is -2.27. The Bertz CT molecular complexity index is 510. The van der Waals surface area contributed by atoms with Crippen molar-refractivity contribution in [3.05, 3.63) is 17.5 Å². The Balaban J connectivity index is 2.02. The second-order valence-electron chi connectivity index (χ2n) is 5.36. The third-order valence-corrected chi connectivity index (χ3v) is 3.79. The van der Waals surface area contributed by atoms with Crippen LogP contribution < -0.4 is 5.32 Å². The van der Waals surface area contributed by atoms with Gasteiger partial charge >= 0.3 is 5.97 Å². The van der Waals surface area contributed by atoms with E-state index in [4.69, 9.17) is 5.11 Å². The average Bonchev–Trinajstić information content (AvgIpc) is 2.80. The number of rotatable bonds is 4. The summed E-state index contributed by atoms with van der Waals surface area (Å²) in [5.74, 6) is -1.27. The van der Waals surface area contributed by atoms with E-state index in [1.165, 1.54) is 0 Å². The summed E-state index contributed by atoms with van der Waals surface area (Å²) in [5, 5.41) is 16.3. The van der Waals surface area contributed by atoms with E-state index in [0.717, 1.165) is 18.5 Å². The summed E-state index contributed by atoms with van der Waals surface area (Å²) in [4.78, 5) is 23.3. The molecule has 0 saturated heterocycles. The van der Waals surface area contributed by atoms with E-state index in [-0.39, 0.29) is 17.9 Å². The van der Waals surface area contributed by atoms with Gasteiger partial charge in [0.1, 0.15) is 5.69 Å². The molecule has 0 spiro atoms. The smallest absolute Gasteiger partial charge is 0.306 e. The summed E-state index contributed by atoms with van der Waals surface area (Å²) < 4.78 is 1.67. The van der Waals surface area contributed by atoms with Crippen molar-refractivity contribution in [2.45, 2.75) is 52.1 Å². The Morgan fingerprint density at radius 2 is 2.25 bits per heavy atom. The van der Waals surface area contributed by atoms with Crippen molar-refractivity contribution in [1.29, 1.82) is 0 Å². The molecule has 1 aliphatic carbocycles. The van der Waals surface area contributed by atoms with E-state index >= 15 is 0 Å². The highest BCUT2D eigenvalue weighted by Gasteiger charge is 2.28. The third kappa shape index (κ3) is 3.18. The van der Waals surface area contributed by atoms with Crippen LogP contribution in [0.25, 0.3) is 0 Å². The second kappa shape index (κ2) is 6.07. The van der Waals surface area contributed by atoms with Crippen LogP contribution in [0.3, 0.4) is 0 Å². The summed E-state index contributed by atoms with van der Waals surface area (Å²) in [6, 6.07) is 1.70. The average molecular weight is 279 g/mol. The van der Waals surface area contributed by atoms with Gasteiger partial charge in [0.15, 0.2) is 0 Å². The first-order valence-electron chi connectivity index (χ1n) is 7.09. The molecule has 2 atom stereocenters. The van der Waals surface area contributed by atoms with Gasteiger partial charge in [0.25, 0.3) is 5.91 Å². The van der Waals surface area contributed by atoms with Gasteiger partial charge in [-0.05, 0) is 39.2 Å². The molecule has 2 N–H and O–H groups in total. The molecule has 6 heteroatoms. The molecule has 0 bridgehead atoms. The lowest BCUT2D eigenvalue weighted by atomic mass is 9.86. The molecule has 1 aromatic heterocycles. The van der Waals surface area contributed by atoms with Crippen LogP contribution in [-0.2, 0) is 11.3 Å². The van der Waals surface area contributed by atoms with Crippen LogP contribution in [0, 0.1) is 12.8 Å². The Labute approximate surface area is 118 Å². The van der Waals surface area contributed by atoms with Crippen LogP contribution in [0.5, 0.6) is 0 Å². The number of carbonyl (C=O) groups excluding carboxylic acids is 1. The summed E-state index contributed by atoms with van der Waals surface area (Å²) in [6.07, 6.45) is 2.90. The van der Waals surface area contributed by atoms with Crippen molar-refractivity contribution in [2.24, 2.45) is 5.92 Å². The van der Waals surface area contributed by atoms with E-state index in [0.29, 0.717) is 25.1 Å². The zero-order valence-electron chi connectivity index (χ0n) is 11.9. The fourth-order valence-corrected chi connectivity index (χ4v) is 2.77. The molecule has 20 heavy (non-hydrogen) atoms. The molecule has 0 aliphatic heterocycles. The van der Waals surface area contributed by atoms with Crippen LogP contribution in [0.15, 0.2) is 6.07 Å². The number of aliphatic carboxylic acids is 1. The normalized spacial score (nSPS) is 22.5. The molecular weight excluding hydrogens is 258 g/mol. The zero-order chi connectivity index (χ0) is 14.7. The van der Waals surface area contributed by atoms with Crippen LogP contribution in [0.2, 0.25) is 0 Å². The van der Waals surface area contributed by atoms with Crippen molar-refractivity contribution in [2.75, 3.05) is 0 Å². The molecule has 1 aliphatic rings. The third-order valence-electron chi connectivity index (χ3n) is 3.79. The first-order chi connectivity index (χ1) is 9.51. The molecule has 1 fully saturated rings. The largest absolute Gasteiger partial charge is 0.481 e. The maximum Gasteiger partial charge on any atom is 0.306 e. The fraction of sp³-hybridized carbons (Fsp3) is 0.643. The van der Waals surface area contributed by atoms with E-state index in [1.54, 1.807) is 10.7 Å². The summed E-state index contributed by atoms with van der Waals surface area (Å²) >= 11 is 0. The number of hydrogen-bond donors (Lipinski definition) is 2. The van der Waals surface area contributed by atoms with E-state index in [2.05, 4.69) is 10.4 Å². The Morgan fingerprint density at radius 3 is 2.90 bits per heavy atom. The molecule has 6 nitrogen and oxygen atoms in total. The van der Waals surface area contributed by atoms with Crippen molar-refractivity contribution in [3.8, 4) is 0 Å². The minimum atomic E-state index is -0.765. The molecule has 110 valence electrons. The molecule has 0 aromatic carbocycles. The van der Waals surface area contributed by atoms with E-state index in [1.807, 2.05) is 13.8 Å². The van der Waals surface area contributed by atoms with Crippen molar-refractivity contribution in [3.63, 3.8) is 0 Å². The SMILES string of the molecule is CCn1nc(C)cc1C(=O)NC1CCCC(C(=O)O)C1. The van der Waals surface area contributed by atoms with Gasteiger partial charge in [-0.25, -0.2) is 0 Å². The number of aryl methyl sites for hydroxylation is 2. The number of nitrogens with one attached hydrogen (secondary N) is 1. The Kier molecular flexibility index (Phi) is 4.42. The molecule has 1 amide bonds. The molecule has 2 unspecified atom stereocenters. The Morgan fingerprint density at radius 1 is 1.50 bits per heavy atom. The standard InChI is InChI=1S/C14H21N3O3/c1-3-17-12(7-9(2)16-17)13(18)15-11-6-4-5-10(8-11)14(19)20/h7,10-11H,3-6,8H2,1-2H3,(H,15,18)(H,19,20). The summed E-state index contributed by atoms with van der Waals surface area (Å²) in [5.41, 5.74) is 1.35. The maximum absolute atomic E-state index is 12.3. The van der Waals surface area contributed by atoms with Gasteiger partial charge in [-0.3, -0.25) is 14.3 Å². The first kappa shape index (κ1) is 14.6. The highest BCUT2D eigenvalue weighted by molar-refractivity contribution is 5.92. The van der Waals surface area contributed by atoms with Crippen LogP contribution >= 0.6 is 0 Å². The van der Waals surface area contributed by atoms with Crippen molar-refractivity contribution < 1.29 is 14.7 Å². The summed E-state index contributed by atoms with van der Waals surface area (Å²) in [7, 11) is 0. The lowest BCUT2D eigenvalue weighted by molar-refractivity contribution is -0.143. The fourth-order valence-electron chi connectivity index (χ4n) is 2.77. The number of carboxylic acids is 1. The predicted molar refractivity (Wildman–Crippen MR) is 73.5 cm³/mol. The zero-order valence-corrected chi connectivity index (χ0v) is 11.9. The number of amides is 1. The number of carboxylic acid groups (broad SMARTS) is 1. The van der Waals surface area contributed by atoms with Gasteiger partial charge in [0.2, 0.25) is 0 Å². The first-order valence-corrected chi connectivity index (χ1v) is 7.09. The van der Waals surface area contributed by atoms with Crippen molar-refractivity contribution >= 4 is 11.9 Å². The summed E-state index contributed by atoms with van der Waals surface area (Å²) in [6.45, 7) is 4.42. The van der Waals surface area contributed by atoms with E-state index in [9.17, 15) is 9.59 Å². The van der Waals surface area contributed by atoms with E-state index < -0.39 is 5.97 Å². The maximum atomic E-state index is 12.3. The predicted octanol–water partition coefficient (Wildman–Crippen LogP) is 1.58. The molecule has 1 aromatic rings. The van der Waals surface area contributed by atoms with Gasteiger partial charge < -0.3 is 10.4 Å². The molecular formula is C14H21N3O3. The highest BCUT2D eigenvalue weighted by Crippen LogP contribution is 2.24. The van der Waals surface area contributed by atoms with Gasteiger partial charge in [0.05, 0.1) is 11.6 Å². The quantitative estimate of drug-likeness (QED) is 0.876. The topological polar surface area (TPSA) is 84.2 Å². The minimum absolute atomic E-state index is 0.0575. The van der Waals surface area contributed by atoms with Crippen LogP contribution in [-0.4, -0.2) is 32.8 Å². The van der Waals surface area contributed by atoms with Crippen LogP contribution in [0.4, 0.5) is 0 Å².